The first kappa shape index (κ1) is 8.17. The van der Waals surface area contributed by atoms with Gasteiger partial charge in [0.25, 0.3) is 0 Å². The Hall–Kier alpha value is -0.830. The molecule has 3 heteroatoms. The average molecular weight is 128 g/mol. The van der Waals surface area contributed by atoms with Gasteiger partial charge in [-0.3, -0.25) is 0 Å². The molecule has 0 aromatic carbocycles. The Morgan fingerprint density at radius 2 is 2.22 bits per heavy atom. The molecule has 0 unspecified atom stereocenters. The van der Waals surface area contributed by atoms with Crippen LogP contribution in [0.3, 0.4) is 0 Å². The zero-order chi connectivity index (χ0) is 7.11. The van der Waals surface area contributed by atoms with Crippen LogP contribution in [0.2, 0.25) is 0 Å². The summed E-state index contributed by atoms with van der Waals surface area (Å²) in [6, 6.07) is 0. The van der Waals surface area contributed by atoms with Crippen molar-refractivity contribution in [3.8, 4) is 0 Å². The van der Waals surface area contributed by atoms with Gasteiger partial charge in [-0.1, -0.05) is 0 Å². The summed E-state index contributed by atoms with van der Waals surface area (Å²) in [5.41, 5.74) is 0. The summed E-state index contributed by atoms with van der Waals surface area (Å²) >= 11 is 0. The van der Waals surface area contributed by atoms with Crippen LogP contribution in [0.4, 0.5) is 0 Å². The quantitative estimate of drug-likeness (QED) is 0.550. The monoisotopic (exact) mass is 128 g/mol. The predicted octanol–water partition coefficient (Wildman–Crippen LogP) is 0.419. The van der Waals surface area contributed by atoms with E-state index in [0.717, 1.165) is 0 Å². The number of aryl methyl sites for hydroxylation is 1. The Morgan fingerprint density at radius 3 is 2.33 bits per heavy atom. The van der Waals surface area contributed by atoms with Gasteiger partial charge in [0.1, 0.15) is 0 Å². The SMILES string of the molecule is CCO.Cn1ccnc1. The third kappa shape index (κ3) is 5.03. The van der Waals surface area contributed by atoms with Crippen molar-refractivity contribution in [3.63, 3.8) is 0 Å². The lowest BCUT2D eigenvalue weighted by atomic mass is 10.9. The Labute approximate surface area is 55.0 Å². The predicted molar refractivity (Wildman–Crippen MR) is 36.0 cm³/mol. The highest BCUT2D eigenvalue weighted by Crippen LogP contribution is 1.73. The van der Waals surface area contributed by atoms with Crippen molar-refractivity contribution in [2.45, 2.75) is 6.92 Å². The van der Waals surface area contributed by atoms with E-state index in [9.17, 15) is 0 Å². The number of aliphatic hydroxyl groups excluding tert-OH is 1. The fourth-order valence-electron chi connectivity index (χ4n) is 0.326. The summed E-state index contributed by atoms with van der Waals surface area (Å²) in [5.74, 6) is 0. The Kier molecular flexibility index (Phi) is 4.82. The summed E-state index contributed by atoms with van der Waals surface area (Å²) < 4.78 is 1.89. The fraction of sp³-hybridized carbons (Fsp3) is 0.500. The lowest BCUT2D eigenvalue weighted by Gasteiger charge is -1.76. The molecule has 0 aliphatic rings. The van der Waals surface area contributed by atoms with Crippen LogP contribution in [-0.2, 0) is 7.05 Å². The summed E-state index contributed by atoms with van der Waals surface area (Å²) in [6.45, 7) is 1.93. The van der Waals surface area contributed by atoms with Crippen molar-refractivity contribution in [2.24, 2.45) is 7.05 Å². The Bertz CT molecular complexity index is 126. The van der Waals surface area contributed by atoms with Gasteiger partial charge in [0.2, 0.25) is 0 Å². The van der Waals surface area contributed by atoms with E-state index in [2.05, 4.69) is 4.98 Å². The lowest BCUT2D eigenvalue weighted by Crippen LogP contribution is -1.76. The Morgan fingerprint density at radius 1 is 1.67 bits per heavy atom. The van der Waals surface area contributed by atoms with Crippen molar-refractivity contribution in [2.75, 3.05) is 6.61 Å². The summed E-state index contributed by atoms with van der Waals surface area (Å²) in [4.78, 5) is 3.78. The minimum Gasteiger partial charge on any atom is -0.397 e. The molecule has 0 fully saturated rings. The minimum absolute atomic E-state index is 0.250. The van der Waals surface area contributed by atoms with Gasteiger partial charge < -0.3 is 9.67 Å². The van der Waals surface area contributed by atoms with Gasteiger partial charge >= 0.3 is 0 Å². The van der Waals surface area contributed by atoms with Crippen LogP contribution in [0, 0.1) is 0 Å². The second kappa shape index (κ2) is 5.31. The fourth-order valence-corrected chi connectivity index (χ4v) is 0.326. The van der Waals surface area contributed by atoms with Crippen molar-refractivity contribution < 1.29 is 5.11 Å². The number of aliphatic hydroxyl groups is 1. The first-order chi connectivity index (χ1) is 4.31. The van der Waals surface area contributed by atoms with Gasteiger partial charge in [-0.05, 0) is 6.92 Å². The lowest BCUT2D eigenvalue weighted by molar-refractivity contribution is 0.318. The molecule has 0 radical (unpaired) electrons. The molecule has 1 heterocycles. The summed E-state index contributed by atoms with van der Waals surface area (Å²) in [6.07, 6.45) is 5.39. The van der Waals surface area contributed by atoms with Crippen LogP contribution in [0.25, 0.3) is 0 Å². The van der Waals surface area contributed by atoms with E-state index in [1.165, 1.54) is 0 Å². The summed E-state index contributed by atoms with van der Waals surface area (Å²) in [5, 5.41) is 7.57. The third-order valence-electron chi connectivity index (χ3n) is 0.637. The van der Waals surface area contributed by atoms with Crippen molar-refractivity contribution in [1.82, 2.24) is 9.55 Å². The summed E-state index contributed by atoms with van der Waals surface area (Å²) in [7, 11) is 1.94. The van der Waals surface area contributed by atoms with Gasteiger partial charge in [-0.15, -0.1) is 0 Å². The number of nitrogens with zero attached hydrogens (tertiary/aromatic N) is 2. The zero-order valence-corrected chi connectivity index (χ0v) is 5.78. The molecule has 0 aliphatic heterocycles. The van der Waals surface area contributed by atoms with Crippen LogP contribution >= 0.6 is 0 Å². The molecular formula is C6H12N2O. The second-order valence-corrected chi connectivity index (χ2v) is 1.54. The number of hydrogen-bond donors (Lipinski definition) is 1. The first-order valence-corrected chi connectivity index (χ1v) is 2.84. The van der Waals surface area contributed by atoms with Crippen LogP contribution in [0.15, 0.2) is 18.7 Å². The molecule has 9 heavy (non-hydrogen) atoms. The average Bonchev–Trinajstić information content (AvgIpc) is 2.20. The highest BCUT2D eigenvalue weighted by Gasteiger charge is 1.69. The van der Waals surface area contributed by atoms with Crippen LogP contribution in [0.1, 0.15) is 6.92 Å². The molecule has 0 atom stereocenters. The molecule has 0 amide bonds. The molecule has 0 saturated heterocycles. The number of hydrogen-bond acceptors (Lipinski definition) is 2. The van der Waals surface area contributed by atoms with Gasteiger partial charge in [0, 0.05) is 26.0 Å². The van der Waals surface area contributed by atoms with Gasteiger partial charge in [0.05, 0.1) is 6.33 Å². The van der Waals surface area contributed by atoms with Crippen LogP contribution in [0.5, 0.6) is 0 Å². The van der Waals surface area contributed by atoms with Crippen LogP contribution in [-0.4, -0.2) is 21.3 Å². The smallest absolute Gasteiger partial charge is 0.0943 e. The molecule has 3 nitrogen and oxygen atoms in total. The molecule has 1 N–H and O–H groups in total. The molecule has 0 aliphatic carbocycles. The standard InChI is InChI=1S/C4H6N2.C2H6O/c1-6-3-2-5-4-6;1-2-3/h2-4H,1H3;3H,2H2,1H3. The van der Waals surface area contributed by atoms with Gasteiger partial charge in [-0.2, -0.15) is 0 Å². The number of rotatable bonds is 0. The molecule has 1 rings (SSSR count). The van der Waals surface area contributed by atoms with E-state index in [1.54, 1.807) is 19.4 Å². The largest absolute Gasteiger partial charge is 0.397 e. The van der Waals surface area contributed by atoms with E-state index < -0.39 is 0 Å². The third-order valence-corrected chi connectivity index (χ3v) is 0.637. The first-order valence-electron chi connectivity index (χ1n) is 2.84. The molecule has 0 saturated carbocycles. The normalized spacial score (nSPS) is 7.89. The van der Waals surface area contributed by atoms with Crippen LogP contribution < -0.4 is 0 Å². The van der Waals surface area contributed by atoms with E-state index in [-0.39, 0.29) is 6.61 Å². The molecule has 0 spiro atoms. The number of imidazole rings is 1. The zero-order valence-electron chi connectivity index (χ0n) is 5.78. The van der Waals surface area contributed by atoms with Crippen molar-refractivity contribution in [1.29, 1.82) is 0 Å². The molecule has 1 aromatic heterocycles. The molecule has 1 aromatic rings. The maximum atomic E-state index is 7.57. The maximum Gasteiger partial charge on any atom is 0.0943 e. The maximum absolute atomic E-state index is 7.57. The van der Waals surface area contributed by atoms with Gasteiger partial charge in [-0.25, -0.2) is 4.98 Å². The highest BCUT2D eigenvalue weighted by molar-refractivity contribution is 4.70. The van der Waals surface area contributed by atoms with Crippen molar-refractivity contribution >= 4 is 0 Å². The second-order valence-electron chi connectivity index (χ2n) is 1.54. The van der Waals surface area contributed by atoms with Gasteiger partial charge in [0.15, 0.2) is 0 Å². The van der Waals surface area contributed by atoms with E-state index in [4.69, 9.17) is 5.11 Å². The van der Waals surface area contributed by atoms with E-state index in [0.29, 0.717) is 0 Å². The topological polar surface area (TPSA) is 38.0 Å². The minimum atomic E-state index is 0.250. The van der Waals surface area contributed by atoms with Crippen molar-refractivity contribution in [3.05, 3.63) is 18.7 Å². The van der Waals surface area contributed by atoms with E-state index >= 15 is 0 Å². The molecule has 0 bridgehead atoms. The van der Waals surface area contributed by atoms with E-state index in [1.807, 2.05) is 17.8 Å². The molecular weight excluding hydrogens is 116 g/mol. The highest BCUT2D eigenvalue weighted by atomic mass is 16.2. The number of aromatic nitrogens is 2. The molecule has 52 valence electrons. The Balaban J connectivity index is 0.000000187.